The summed E-state index contributed by atoms with van der Waals surface area (Å²) in [7, 11) is 1.77. The van der Waals surface area contributed by atoms with Crippen LogP contribution in [0.4, 0.5) is 0 Å². The Bertz CT molecular complexity index is 565. The van der Waals surface area contributed by atoms with Gasteiger partial charge >= 0.3 is 0 Å². The van der Waals surface area contributed by atoms with Gasteiger partial charge in [0.15, 0.2) is 0 Å². The Morgan fingerprint density at radius 3 is 3.10 bits per heavy atom. The first-order valence-electron chi connectivity index (χ1n) is 6.86. The molecule has 0 spiro atoms. The van der Waals surface area contributed by atoms with E-state index in [9.17, 15) is 0 Å². The maximum Gasteiger partial charge on any atom is 0.0948 e. The van der Waals surface area contributed by atoms with E-state index in [1.807, 2.05) is 12.5 Å². The molecule has 0 aliphatic carbocycles. The van der Waals surface area contributed by atoms with E-state index in [4.69, 9.17) is 4.74 Å². The molecular formula is C14H20N4OS. The van der Waals surface area contributed by atoms with Crippen LogP contribution in [0.3, 0.4) is 0 Å². The standard InChI is InChI=1S/C14H20N4OS/c1-11-16-13(9-20-11)6-17-4-12(8-19-2)5-18-10-15-3-14(18)7-17/h3,9-10,12H,4-8H2,1-2H3. The molecule has 0 fully saturated rings. The lowest BCUT2D eigenvalue weighted by atomic mass is 10.1. The molecule has 0 amide bonds. The third kappa shape index (κ3) is 3.08. The Balaban J connectivity index is 1.76. The summed E-state index contributed by atoms with van der Waals surface area (Å²) in [4.78, 5) is 11.3. The van der Waals surface area contributed by atoms with Crippen molar-refractivity contribution in [3.63, 3.8) is 0 Å². The lowest BCUT2D eigenvalue weighted by molar-refractivity contribution is 0.115. The molecule has 0 radical (unpaired) electrons. The molecule has 1 aliphatic heterocycles. The number of rotatable bonds is 4. The zero-order valence-electron chi connectivity index (χ0n) is 12.0. The molecule has 108 valence electrons. The second-order valence-corrected chi connectivity index (χ2v) is 6.45. The molecule has 0 aromatic carbocycles. The number of thiazole rings is 1. The summed E-state index contributed by atoms with van der Waals surface area (Å²) in [5.74, 6) is 0.496. The molecule has 1 unspecified atom stereocenters. The van der Waals surface area contributed by atoms with Crippen LogP contribution < -0.4 is 0 Å². The highest BCUT2D eigenvalue weighted by molar-refractivity contribution is 7.09. The summed E-state index contributed by atoms with van der Waals surface area (Å²) in [6.45, 7) is 6.68. The minimum atomic E-state index is 0.496. The normalized spacial score (nSPS) is 19.8. The van der Waals surface area contributed by atoms with Crippen LogP contribution in [0.5, 0.6) is 0 Å². The first-order chi connectivity index (χ1) is 9.74. The smallest absolute Gasteiger partial charge is 0.0948 e. The van der Waals surface area contributed by atoms with E-state index in [1.54, 1.807) is 18.4 Å². The minimum Gasteiger partial charge on any atom is -0.384 e. The van der Waals surface area contributed by atoms with Crippen LogP contribution in [0, 0.1) is 12.8 Å². The van der Waals surface area contributed by atoms with Gasteiger partial charge in [-0.1, -0.05) is 0 Å². The van der Waals surface area contributed by atoms with Crippen molar-refractivity contribution in [1.29, 1.82) is 0 Å². The topological polar surface area (TPSA) is 43.2 Å². The highest BCUT2D eigenvalue weighted by Crippen LogP contribution is 2.19. The molecule has 3 rings (SSSR count). The van der Waals surface area contributed by atoms with Gasteiger partial charge in [0.1, 0.15) is 0 Å². The van der Waals surface area contributed by atoms with Crippen LogP contribution in [0.25, 0.3) is 0 Å². The van der Waals surface area contributed by atoms with Crippen LogP contribution in [-0.4, -0.2) is 39.7 Å². The monoisotopic (exact) mass is 292 g/mol. The highest BCUT2D eigenvalue weighted by Gasteiger charge is 2.22. The molecule has 20 heavy (non-hydrogen) atoms. The summed E-state index contributed by atoms with van der Waals surface area (Å²) in [6.07, 6.45) is 3.89. The SMILES string of the molecule is COCC1CN(Cc2csc(C)n2)Cc2cncn2C1. The molecule has 0 N–H and O–H groups in total. The number of nitrogens with zero attached hydrogens (tertiary/aromatic N) is 4. The fourth-order valence-electron chi connectivity index (χ4n) is 2.81. The van der Waals surface area contributed by atoms with E-state index >= 15 is 0 Å². The van der Waals surface area contributed by atoms with Gasteiger partial charge in [-0.05, 0) is 6.92 Å². The number of hydrogen-bond acceptors (Lipinski definition) is 5. The molecule has 3 heterocycles. The van der Waals surface area contributed by atoms with Crippen molar-refractivity contribution in [3.05, 3.63) is 34.3 Å². The summed E-state index contributed by atoms with van der Waals surface area (Å²) in [6, 6.07) is 0. The highest BCUT2D eigenvalue weighted by atomic mass is 32.1. The first-order valence-corrected chi connectivity index (χ1v) is 7.74. The zero-order chi connectivity index (χ0) is 13.9. The summed E-state index contributed by atoms with van der Waals surface area (Å²) in [5.41, 5.74) is 2.44. The van der Waals surface area contributed by atoms with Gasteiger partial charge in [-0.25, -0.2) is 9.97 Å². The Morgan fingerprint density at radius 1 is 1.45 bits per heavy atom. The largest absolute Gasteiger partial charge is 0.384 e. The second-order valence-electron chi connectivity index (χ2n) is 5.39. The maximum atomic E-state index is 5.36. The summed E-state index contributed by atoms with van der Waals surface area (Å²) in [5, 5.41) is 3.29. The molecule has 1 atom stereocenters. The van der Waals surface area contributed by atoms with Gasteiger partial charge in [0, 0.05) is 50.8 Å². The first kappa shape index (κ1) is 13.7. The minimum absolute atomic E-state index is 0.496. The number of aromatic nitrogens is 3. The zero-order valence-corrected chi connectivity index (χ0v) is 12.8. The Labute approximate surface area is 123 Å². The van der Waals surface area contributed by atoms with Crippen molar-refractivity contribution in [1.82, 2.24) is 19.4 Å². The number of aryl methyl sites for hydroxylation is 1. The Kier molecular flexibility index (Phi) is 4.14. The number of hydrogen-bond donors (Lipinski definition) is 0. The van der Waals surface area contributed by atoms with Crippen molar-refractivity contribution in [2.24, 2.45) is 5.92 Å². The maximum absolute atomic E-state index is 5.36. The fourth-order valence-corrected chi connectivity index (χ4v) is 3.41. The number of fused-ring (bicyclic) bond motifs is 1. The van der Waals surface area contributed by atoms with Crippen LogP contribution in [0.2, 0.25) is 0 Å². The molecule has 1 aliphatic rings. The van der Waals surface area contributed by atoms with Crippen LogP contribution in [-0.2, 0) is 24.4 Å². The molecule has 6 heteroatoms. The van der Waals surface area contributed by atoms with Gasteiger partial charge in [-0.15, -0.1) is 11.3 Å². The van der Waals surface area contributed by atoms with Crippen molar-refractivity contribution in [2.75, 3.05) is 20.3 Å². The Hall–Kier alpha value is -1.24. The van der Waals surface area contributed by atoms with Gasteiger partial charge < -0.3 is 9.30 Å². The van der Waals surface area contributed by atoms with Gasteiger partial charge in [0.05, 0.1) is 29.3 Å². The molecule has 0 saturated carbocycles. The predicted molar refractivity (Wildman–Crippen MR) is 78.6 cm³/mol. The van der Waals surface area contributed by atoms with Crippen LogP contribution in [0.1, 0.15) is 16.4 Å². The molecule has 2 aromatic rings. The molecule has 2 aromatic heterocycles. The van der Waals surface area contributed by atoms with E-state index in [-0.39, 0.29) is 0 Å². The quantitative estimate of drug-likeness (QED) is 0.863. The lowest BCUT2D eigenvalue weighted by Crippen LogP contribution is -2.29. The van der Waals surface area contributed by atoms with Crippen molar-refractivity contribution < 1.29 is 4.74 Å². The fraction of sp³-hybridized carbons (Fsp3) is 0.571. The second kappa shape index (κ2) is 6.03. The molecule has 5 nitrogen and oxygen atoms in total. The van der Waals surface area contributed by atoms with E-state index in [2.05, 4.69) is 31.7 Å². The predicted octanol–water partition coefficient (Wildman–Crippen LogP) is 1.93. The molecule has 0 bridgehead atoms. The van der Waals surface area contributed by atoms with Gasteiger partial charge in [0.2, 0.25) is 0 Å². The van der Waals surface area contributed by atoms with E-state index < -0.39 is 0 Å². The van der Waals surface area contributed by atoms with Crippen molar-refractivity contribution in [2.45, 2.75) is 26.6 Å². The van der Waals surface area contributed by atoms with Crippen LogP contribution >= 0.6 is 11.3 Å². The number of imidazole rings is 1. The number of methoxy groups -OCH3 is 1. The summed E-state index contributed by atoms with van der Waals surface area (Å²) >= 11 is 1.72. The van der Waals surface area contributed by atoms with E-state index in [1.165, 1.54) is 5.69 Å². The van der Waals surface area contributed by atoms with Crippen molar-refractivity contribution in [3.8, 4) is 0 Å². The van der Waals surface area contributed by atoms with Crippen LogP contribution in [0.15, 0.2) is 17.9 Å². The molecular weight excluding hydrogens is 272 g/mol. The summed E-state index contributed by atoms with van der Waals surface area (Å²) < 4.78 is 7.60. The third-order valence-electron chi connectivity index (χ3n) is 3.61. The van der Waals surface area contributed by atoms with E-state index in [0.717, 1.165) is 43.5 Å². The third-order valence-corrected chi connectivity index (χ3v) is 4.43. The average molecular weight is 292 g/mol. The van der Waals surface area contributed by atoms with Gasteiger partial charge in [-0.3, -0.25) is 4.90 Å². The Morgan fingerprint density at radius 2 is 2.35 bits per heavy atom. The van der Waals surface area contributed by atoms with Gasteiger partial charge in [0.25, 0.3) is 0 Å². The average Bonchev–Trinajstić information content (AvgIpc) is 2.96. The lowest BCUT2D eigenvalue weighted by Gasteiger charge is -2.22. The molecule has 0 saturated heterocycles. The van der Waals surface area contributed by atoms with E-state index in [0.29, 0.717) is 5.92 Å². The number of ether oxygens (including phenoxy) is 1. The van der Waals surface area contributed by atoms with Gasteiger partial charge in [-0.2, -0.15) is 0 Å². The van der Waals surface area contributed by atoms with Crippen molar-refractivity contribution >= 4 is 11.3 Å².